The van der Waals surface area contributed by atoms with Crippen molar-refractivity contribution in [2.45, 2.75) is 19.4 Å². The summed E-state index contributed by atoms with van der Waals surface area (Å²) in [6.45, 7) is 3.36. The summed E-state index contributed by atoms with van der Waals surface area (Å²) in [7, 11) is 0. The van der Waals surface area contributed by atoms with Gasteiger partial charge >= 0.3 is 0 Å². The Kier molecular flexibility index (Phi) is 3.57. The predicted molar refractivity (Wildman–Crippen MR) is 61.9 cm³/mol. The van der Waals surface area contributed by atoms with Crippen molar-refractivity contribution in [3.63, 3.8) is 0 Å². The lowest BCUT2D eigenvalue weighted by molar-refractivity contribution is -0.385. The minimum atomic E-state index is -0.841. The summed E-state index contributed by atoms with van der Waals surface area (Å²) < 4.78 is 0.337. The average molecular weight is 285 g/mol. The topological polar surface area (TPSA) is 72.6 Å². The van der Waals surface area contributed by atoms with Gasteiger partial charge in [-0.2, -0.15) is 4.99 Å². The minimum Gasteiger partial charge on any atom is -0.258 e. The van der Waals surface area contributed by atoms with Gasteiger partial charge in [0.05, 0.1) is 10.5 Å². The van der Waals surface area contributed by atoms with Gasteiger partial charge in [0.15, 0.2) is 0 Å². The molecule has 0 spiro atoms. The number of isocyanates is 1. The van der Waals surface area contributed by atoms with Gasteiger partial charge in [-0.3, -0.25) is 10.1 Å². The standard InChI is InChI=1S/C10H9BrN2O3/c1-10(2,12-6-14)7-4-3-5-8(9(7)11)13(15)16/h3-5H,1-2H3. The summed E-state index contributed by atoms with van der Waals surface area (Å²) in [6.07, 6.45) is 1.47. The molecule has 0 aromatic heterocycles. The summed E-state index contributed by atoms with van der Waals surface area (Å²) >= 11 is 3.16. The lowest BCUT2D eigenvalue weighted by Crippen LogP contribution is -2.14. The number of nitro benzene ring substituents is 1. The number of hydrogen-bond acceptors (Lipinski definition) is 4. The Morgan fingerprint density at radius 1 is 1.50 bits per heavy atom. The van der Waals surface area contributed by atoms with Gasteiger partial charge in [0.1, 0.15) is 4.47 Å². The Bertz CT molecular complexity index is 479. The summed E-state index contributed by atoms with van der Waals surface area (Å²) in [5, 5.41) is 10.7. The first-order chi connectivity index (χ1) is 7.40. The van der Waals surface area contributed by atoms with Crippen LogP contribution in [-0.4, -0.2) is 11.0 Å². The molecule has 0 N–H and O–H groups in total. The second-order valence-corrected chi connectivity index (χ2v) is 4.45. The van der Waals surface area contributed by atoms with Gasteiger partial charge in [-0.25, -0.2) is 4.79 Å². The second-order valence-electron chi connectivity index (χ2n) is 3.66. The molecule has 0 atom stereocenters. The number of halogens is 1. The van der Waals surface area contributed by atoms with Crippen LogP contribution in [0.25, 0.3) is 0 Å². The van der Waals surface area contributed by atoms with E-state index in [1.165, 1.54) is 12.1 Å². The van der Waals surface area contributed by atoms with Crippen LogP contribution in [0.5, 0.6) is 0 Å². The van der Waals surface area contributed by atoms with Crippen molar-refractivity contribution in [3.8, 4) is 0 Å². The third kappa shape index (κ3) is 2.35. The van der Waals surface area contributed by atoms with Crippen molar-refractivity contribution in [3.05, 3.63) is 38.3 Å². The fraction of sp³-hybridized carbons (Fsp3) is 0.300. The smallest absolute Gasteiger partial charge is 0.258 e. The third-order valence-electron chi connectivity index (χ3n) is 2.16. The molecule has 0 radical (unpaired) electrons. The van der Waals surface area contributed by atoms with Gasteiger partial charge in [0, 0.05) is 11.6 Å². The molecule has 0 fully saturated rings. The number of nitro groups is 1. The van der Waals surface area contributed by atoms with E-state index in [4.69, 9.17) is 0 Å². The van der Waals surface area contributed by atoms with Crippen LogP contribution in [0.1, 0.15) is 19.4 Å². The van der Waals surface area contributed by atoms with E-state index in [2.05, 4.69) is 20.9 Å². The molecule has 84 valence electrons. The highest BCUT2D eigenvalue weighted by Crippen LogP contribution is 2.36. The summed E-state index contributed by atoms with van der Waals surface area (Å²) in [5.41, 5.74) is -0.316. The largest absolute Gasteiger partial charge is 0.283 e. The van der Waals surface area contributed by atoms with E-state index in [0.717, 1.165) is 0 Å². The quantitative estimate of drug-likeness (QED) is 0.371. The molecule has 0 amide bonds. The highest BCUT2D eigenvalue weighted by atomic mass is 79.9. The van der Waals surface area contributed by atoms with Gasteiger partial charge < -0.3 is 0 Å². The SMILES string of the molecule is CC(C)(N=C=O)c1cccc([N+](=O)[O-])c1Br. The Morgan fingerprint density at radius 3 is 2.62 bits per heavy atom. The van der Waals surface area contributed by atoms with Crippen LogP contribution in [0.2, 0.25) is 0 Å². The van der Waals surface area contributed by atoms with E-state index in [1.54, 1.807) is 26.0 Å². The first-order valence-electron chi connectivity index (χ1n) is 4.42. The van der Waals surface area contributed by atoms with Crippen LogP contribution in [0.15, 0.2) is 27.7 Å². The monoisotopic (exact) mass is 284 g/mol. The van der Waals surface area contributed by atoms with Crippen LogP contribution in [0, 0.1) is 10.1 Å². The van der Waals surface area contributed by atoms with E-state index in [0.29, 0.717) is 10.0 Å². The fourth-order valence-electron chi connectivity index (χ4n) is 1.31. The van der Waals surface area contributed by atoms with E-state index in [-0.39, 0.29) is 5.69 Å². The molecule has 6 heteroatoms. The maximum atomic E-state index is 10.7. The molecule has 0 unspecified atom stereocenters. The molecule has 0 aliphatic rings. The summed E-state index contributed by atoms with van der Waals surface area (Å²) in [4.78, 5) is 24.1. The molecule has 16 heavy (non-hydrogen) atoms. The zero-order valence-corrected chi connectivity index (χ0v) is 10.3. The highest BCUT2D eigenvalue weighted by Gasteiger charge is 2.26. The zero-order chi connectivity index (χ0) is 12.3. The normalized spacial score (nSPS) is 10.7. The fourth-order valence-corrected chi connectivity index (χ4v) is 2.20. The van der Waals surface area contributed by atoms with Crippen molar-refractivity contribution in [2.75, 3.05) is 0 Å². The maximum absolute atomic E-state index is 10.7. The summed E-state index contributed by atoms with van der Waals surface area (Å²) in [5.74, 6) is 0. The molecule has 0 saturated heterocycles. The van der Waals surface area contributed by atoms with Crippen molar-refractivity contribution in [2.24, 2.45) is 4.99 Å². The van der Waals surface area contributed by atoms with E-state index in [1.807, 2.05) is 0 Å². The Labute approximate surface area is 100 Å². The van der Waals surface area contributed by atoms with Crippen LogP contribution in [0.4, 0.5) is 5.69 Å². The number of aliphatic imine (C=N–C) groups is 1. The molecule has 0 aliphatic carbocycles. The molecule has 1 aromatic carbocycles. The van der Waals surface area contributed by atoms with Gasteiger partial charge in [-0.15, -0.1) is 0 Å². The van der Waals surface area contributed by atoms with Gasteiger partial charge in [-0.1, -0.05) is 12.1 Å². The van der Waals surface area contributed by atoms with Crippen LogP contribution in [-0.2, 0) is 10.3 Å². The number of carbonyl (C=O) groups excluding carboxylic acids is 1. The number of nitrogens with zero attached hydrogens (tertiary/aromatic N) is 2. The molecule has 1 aromatic rings. The van der Waals surface area contributed by atoms with Gasteiger partial charge in [0.25, 0.3) is 5.69 Å². The number of benzene rings is 1. The van der Waals surface area contributed by atoms with E-state index >= 15 is 0 Å². The van der Waals surface area contributed by atoms with Crippen molar-refractivity contribution >= 4 is 27.7 Å². The summed E-state index contributed by atoms with van der Waals surface area (Å²) in [6, 6.07) is 4.62. The molecular weight excluding hydrogens is 276 g/mol. The van der Waals surface area contributed by atoms with Crippen LogP contribution in [0.3, 0.4) is 0 Å². The number of rotatable bonds is 3. The molecule has 5 nitrogen and oxygen atoms in total. The molecule has 0 bridgehead atoms. The van der Waals surface area contributed by atoms with Crippen LogP contribution < -0.4 is 0 Å². The van der Waals surface area contributed by atoms with Gasteiger partial charge in [-0.05, 0) is 29.8 Å². The van der Waals surface area contributed by atoms with Crippen molar-refractivity contribution in [1.82, 2.24) is 0 Å². The third-order valence-corrected chi connectivity index (χ3v) is 2.99. The van der Waals surface area contributed by atoms with Gasteiger partial charge in [0.2, 0.25) is 6.08 Å². The van der Waals surface area contributed by atoms with Crippen molar-refractivity contribution < 1.29 is 9.72 Å². The first kappa shape index (κ1) is 12.5. The van der Waals surface area contributed by atoms with E-state index in [9.17, 15) is 14.9 Å². The molecule has 0 heterocycles. The lowest BCUT2D eigenvalue weighted by Gasteiger charge is -2.19. The van der Waals surface area contributed by atoms with Crippen molar-refractivity contribution in [1.29, 1.82) is 0 Å². The maximum Gasteiger partial charge on any atom is 0.283 e. The Hall–Kier alpha value is -1.52. The average Bonchev–Trinajstić information content (AvgIpc) is 2.17. The van der Waals surface area contributed by atoms with Crippen LogP contribution >= 0.6 is 15.9 Å². The predicted octanol–water partition coefficient (Wildman–Crippen LogP) is 2.93. The lowest BCUT2D eigenvalue weighted by atomic mass is 9.95. The highest BCUT2D eigenvalue weighted by molar-refractivity contribution is 9.10. The Balaban J connectivity index is 3.41. The number of hydrogen-bond donors (Lipinski definition) is 0. The Morgan fingerprint density at radius 2 is 2.12 bits per heavy atom. The molecule has 1 rings (SSSR count). The zero-order valence-electron chi connectivity index (χ0n) is 8.73. The first-order valence-corrected chi connectivity index (χ1v) is 5.22. The van der Waals surface area contributed by atoms with E-state index < -0.39 is 10.5 Å². The molecular formula is C10H9BrN2O3. The second kappa shape index (κ2) is 4.55. The molecule has 0 aliphatic heterocycles. The molecule has 0 saturated carbocycles. The minimum absolute atomic E-state index is 0.0494.